The molecule has 3 aliphatic rings. The molecule has 31 heavy (non-hydrogen) atoms. The van der Waals surface area contributed by atoms with Crippen molar-refractivity contribution in [3.8, 4) is 0 Å². The number of morpholine rings is 1. The highest BCUT2D eigenvalue weighted by Gasteiger charge is 2.47. The lowest BCUT2D eigenvalue weighted by Crippen LogP contribution is -2.52. The Morgan fingerprint density at radius 1 is 1.10 bits per heavy atom. The number of alkyl halides is 1. The number of amides is 2. The molecule has 3 fully saturated rings. The summed E-state index contributed by atoms with van der Waals surface area (Å²) in [5, 5.41) is 9.40. The average molecular weight is 507 g/mol. The molecule has 0 unspecified atom stereocenters. The van der Waals surface area contributed by atoms with Gasteiger partial charge in [-0.2, -0.15) is 0 Å². The maximum Gasteiger partial charge on any atom is 0.328 e. The third kappa shape index (κ3) is 5.38. The van der Waals surface area contributed by atoms with Gasteiger partial charge in [-0.25, -0.2) is 9.59 Å². The fraction of sp³-hybridized carbons (Fsp3) is 0.800. The van der Waals surface area contributed by atoms with Crippen LogP contribution in [0.4, 0.5) is 0 Å². The first-order valence-corrected chi connectivity index (χ1v) is 11.4. The minimum atomic E-state index is -0.567. The van der Waals surface area contributed by atoms with Crippen molar-refractivity contribution in [2.45, 2.75) is 50.9 Å². The van der Waals surface area contributed by atoms with Crippen molar-refractivity contribution in [1.82, 2.24) is 9.80 Å². The van der Waals surface area contributed by atoms with Gasteiger partial charge in [-0.15, -0.1) is 0 Å². The van der Waals surface area contributed by atoms with E-state index < -0.39 is 18.1 Å². The zero-order valence-corrected chi connectivity index (χ0v) is 19.9. The molecule has 3 aliphatic heterocycles. The first-order valence-electron chi connectivity index (χ1n) is 10.2. The van der Waals surface area contributed by atoms with E-state index in [2.05, 4.69) is 20.7 Å². The third-order valence-electron chi connectivity index (χ3n) is 6.23. The molecular weight excluding hydrogens is 476 g/mol. The SMILES string of the molecule is COC(=O)[C@@H]1C[C@@H](C)[C@@H](CO)N1C(=O)CBr.COC(=O)[C@@H]1C[C@@H](C)[C@H]2COCC(=O)N21. The number of hydrogen-bond donors (Lipinski definition) is 1. The summed E-state index contributed by atoms with van der Waals surface area (Å²) in [6.07, 6.45) is 1.21. The number of carbonyl (C=O) groups is 4. The zero-order chi connectivity index (χ0) is 23.3. The van der Waals surface area contributed by atoms with Gasteiger partial charge in [-0.05, 0) is 24.7 Å². The number of nitrogens with zero attached hydrogens (tertiary/aromatic N) is 2. The highest BCUT2D eigenvalue weighted by molar-refractivity contribution is 9.09. The number of methoxy groups -OCH3 is 2. The minimum Gasteiger partial charge on any atom is -0.467 e. The van der Waals surface area contributed by atoms with Crippen molar-refractivity contribution in [2.75, 3.05) is 39.4 Å². The molecule has 6 atom stereocenters. The van der Waals surface area contributed by atoms with Crippen molar-refractivity contribution in [2.24, 2.45) is 11.8 Å². The predicted molar refractivity (Wildman–Crippen MR) is 112 cm³/mol. The number of hydrogen-bond acceptors (Lipinski definition) is 8. The van der Waals surface area contributed by atoms with E-state index >= 15 is 0 Å². The Balaban J connectivity index is 0.000000220. The predicted octanol–water partition coefficient (Wildman–Crippen LogP) is -0.0526. The van der Waals surface area contributed by atoms with E-state index in [9.17, 15) is 24.3 Å². The lowest BCUT2D eigenvalue weighted by Gasteiger charge is -2.33. The van der Waals surface area contributed by atoms with Gasteiger partial charge in [-0.1, -0.05) is 29.8 Å². The molecule has 10 nitrogen and oxygen atoms in total. The van der Waals surface area contributed by atoms with Crippen LogP contribution in [0.3, 0.4) is 0 Å². The summed E-state index contributed by atoms with van der Waals surface area (Å²) in [4.78, 5) is 49.5. The topological polar surface area (TPSA) is 123 Å². The van der Waals surface area contributed by atoms with Crippen LogP contribution in [0.1, 0.15) is 26.7 Å². The number of aliphatic hydroxyl groups is 1. The van der Waals surface area contributed by atoms with Crippen LogP contribution in [0.2, 0.25) is 0 Å². The van der Waals surface area contributed by atoms with Crippen molar-refractivity contribution >= 4 is 39.7 Å². The van der Waals surface area contributed by atoms with Crippen LogP contribution in [0, 0.1) is 11.8 Å². The van der Waals surface area contributed by atoms with Gasteiger partial charge in [0, 0.05) is 0 Å². The second-order valence-electron chi connectivity index (χ2n) is 8.07. The standard InChI is InChI=1S/C10H16BrNO4.C10H15NO4/c1-6-3-7(10(15)16-2)12(8(6)5-13)9(14)4-11;1-6-3-7(10(13)14-2)11-8(6)4-15-5-9(11)12/h6-8,13H,3-5H2,1-2H3;6-8H,3-5H2,1-2H3/t2*6-,7+,8-/m11/s1. The molecule has 0 spiro atoms. The average Bonchev–Trinajstić information content (AvgIpc) is 3.30. The van der Waals surface area contributed by atoms with Crippen molar-refractivity contribution in [1.29, 1.82) is 0 Å². The largest absolute Gasteiger partial charge is 0.467 e. The van der Waals surface area contributed by atoms with Gasteiger partial charge in [0.1, 0.15) is 18.7 Å². The normalized spacial score (nSPS) is 32.1. The molecule has 0 saturated carbocycles. The number of carbonyl (C=O) groups excluding carboxylic acids is 4. The molecule has 2 amide bonds. The Morgan fingerprint density at radius 3 is 2.23 bits per heavy atom. The van der Waals surface area contributed by atoms with Crippen LogP contribution in [0.15, 0.2) is 0 Å². The Morgan fingerprint density at radius 2 is 1.68 bits per heavy atom. The molecule has 0 aromatic rings. The quantitative estimate of drug-likeness (QED) is 0.415. The van der Waals surface area contributed by atoms with Crippen molar-refractivity contribution in [3.05, 3.63) is 0 Å². The summed E-state index contributed by atoms with van der Waals surface area (Å²) in [5.74, 6) is -0.656. The summed E-state index contributed by atoms with van der Waals surface area (Å²) in [7, 11) is 2.65. The van der Waals surface area contributed by atoms with Crippen LogP contribution < -0.4 is 0 Å². The van der Waals surface area contributed by atoms with E-state index in [1.54, 1.807) is 4.90 Å². The Bertz CT molecular complexity index is 690. The van der Waals surface area contributed by atoms with Crippen molar-refractivity contribution < 1.29 is 38.5 Å². The van der Waals surface area contributed by atoms with Crippen LogP contribution in [-0.4, -0.2) is 102 Å². The molecule has 176 valence electrons. The van der Waals surface area contributed by atoms with Gasteiger partial charge >= 0.3 is 11.9 Å². The number of ether oxygens (including phenoxy) is 3. The molecule has 0 radical (unpaired) electrons. The van der Waals surface area contributed by atoms with E-state index in [-0.39, 0.29) is 54.3 Å². The Kier molecular flexibility index (Phi) is 9.26. The van der Waals surface area contributed by atoms with Crippen molar-refractivity contribution in [3.63, 3.8) is 0 Å². The fourth-order valence-electron chi connectivity index (χ4n) is 4.59. The van der Waals surface area contributed by atoms with Gasteiger partial charge in [0.2, 0.25) is 11.8 Å². The molecule has 0 aromatic carbocycles. The van der Waals surface area contributed by atoms with E-state index in [1.165, 1.54) is 19.1 Å². The Hall–Kier alpha value is -1.72. The molecule has 3 rings (SSSR count). The zero-order valence-electron chi connectivity index (χ0n) is 18.3. The summed E-state index contributed by atoms with van der Waals surface area (Å²) in [6.45, 7) is 4.42. The molecule has 3 heterocycles. The van der Waals surface area contributed by atoms with Crippen LogP contribution >= 0.6 is 15.9 Å². The first-order chi connectivity index (χ1) is 14.7. The van der Waals surface area contributed by atoms with E-state index in [0.717, 1.165) is 0 Å². The number of likely N-dealkylation sites (tertiary alicyclic amines) is 1. The molecule has 3 saturated heterocycles. The summed E-state index contributed by atoms with van der Waals surface area (Å²) >= 11 is 3.08. The second-order valence-corrected chi connectivity index (χ2v) is 8.63. The van der Waals surface area contributed by atoms with Crippen LogP contribution in [-0.2, 0) is 33.4 Å². The summed E-state index contributed by atoms with van der Waals surface area (Å²) in [5.41, 5.74) is 0. The van der Waals surface area contributed by atoms with E-state index in [1.807, 2.05) is 13.8 Å². The first kappa shape index (κ1) is 25.5. The van der Waals surface area contributed by atoms with Gasteiger partial charge < -0.3 is 29.1 Å². The number of halogens is 1. The second kappa shape index (κ2) is 11.2. The molecular formula is C20H31BrN2O8. The van der Waals surface area contributed by atoms with Gasteiger partial charge in [0.25, 0.3) is 0 Å². The van der Waals surface area contributed by atoms with E-state index in [0.29, 0.717) is 25.4 Å². The Labute approximate surface area is 190 Å². The lowest BCUT2D eigenvalue weighted by atomic mass is 10.0. The van der Waals surface area contributed by atoms with Crippen LogP contribution in [0.5, 0.6) is 0 Å². The molecule has 0 bridgehead atoms. The molecule has 1 N–H and O–H groups in total. The monoisotopic (exact) mass is 506 g/mol. The molecule has 0 aromatic heterocycles. The van der Waals surface area contributed by atoms with Gasteiger partial charge in [-0.3, -0.25) is 9.59 Å². The number of rotatable bonds is 4. The molecule has 0 aliphatic carbocycles. The van der Waals surface area contributed by atoms with Gasteiger partial charge in [0.05, 0.1) is 44.8 Å². The molecule has 11 heteroatoms. The van der Waals surface area contributed by atoms with Crippen LogP contribution in [0.25, 0.3) is 0 Å². The number of aliphatic hydroxyl groups excluding tert-OH is 1. The third-order valence-corrected chi connectivity index (χ3v) is 6.71. The number of esters is 2. The van der Waals surface area contributed by atoms with Gasteiger partial charge in [0.15, 0.2) is 0 Å². The highest BCUT2D eigenvalue weighted by Crippen LogP contribution is 2.33. The number of fused-ring (bicyclic) bond motifs is 1. The highest BCUT2D eigenvalue weighted by atomic mass is 79.9. The maximum absolute atomic E-state index is 11.7. The van der Waals surface area contributed by atoms with E-state index in [4.69, 9.17) is 9.47 Å². The smallest absolute Gasteiger partial charge is 0.328 e. The lowest BCUT2D eigenvalue weighted by molar-refractivity contribution is -0.159. The summed E-state index contributed by atoms with van der Waals surface area (Å²) in [6, 6.07) is -1.24. The fourth-order valence-corrected chi connectivity index (χ4v) is 4.88. The summed E-state index contributed by atoms with van der Waals surface area (Å²) < 4.78 is 14.6. The maximum atomic E-state index is 11.7. The minimum absolute atomic E-state index is 0.0374.